The van der Waals surface area contributed by atoms with E-state index in [9.17, 15) is 0 Å². The van der Waals surface area contributed by atoms with Gasteiger partial charge in [0.25, 0.3) is 0 Å². The molecule has 0 aliphatic carbocycles. The van der Waals surface area contributed by atoms with Crippen molar-refractivity contribution in [3.63, 3.8) is 0 Å². The fourth-order valence-electron chi connectivity index (χ4n) is 2.08. The second-order valence-electron chi connectivity index (χ2n) is 4.17. The summed E-state index contributed by atoms with van der Waals surface area (Å²) < 4.78 is 2.27. The van der Waals surface area contributed by atoms with Gasteiger partial charge in [-0.1, -0.05) is 30.3 Å². The molecule has 0 bridgehead atoms. The number of para-hydroxylation sites is 1. The lowest BCUT2D eigenvalue weighted by Crippen LogP contribution is -1.97. The second kappa shape index (κ2) is 4.30. The zero-order valence-electron chi connectivity index (χ0n) is 9.38. The first-order valence-electron chi connectivity index (χ1n) is 5.65. The number of fused-ring (bicyclic) bond motifs is 1. The summed E-state index contributed by atoms with van der Waals surface area (Å²) in [4.78, 5) is 1.01. The molecule has 0 aliphatic rings. The Morgan fingerprint density at radius 1 is 0.882 bits per heavy atom. The molecule has 3 rings (SSSR count). The Labute approximate surface area is 106 Å². The summed E-state index contributed by atoms with van der Waals surface area (Å²) in [5.74, 6) is 0. The third kappa shape index (κ3) is 2.08. The zero-order valence-corrected chi connectivity index (χ0v) is 10.3. The molecule has 0 aliphatic heterocycles. The van der Waals surface area contributed by atoms with Crippen LogP contribution in [0.3, 0.4) is 0 Å². The average Bonchev–Trinajstić information content (AvgIpc) is 2.76. The molecule has 0 unspecified atom stereocenters. The standard InChI is InChI=1S/C15H13NS/c17-14-7-5-12(6-8-14)11-16-10-9-13-3-1-2-4-15(13)16/h1-10,17H,11H2. The molecule has 0 amide bonds. The van der Waals surface area contributed by atoms with Gasteiger partial charge in [-0.05, 0) is 35.2 Å². The van der Waals surface area contributed by atoms with Gasteiger partial charge < -0.3 is 4.57 Å². The highest BCUT2D eigenvalue weighted by Gasteiger charge is 2.00. The van der Waals surface area contributed by atoms with E-state index >= 15 is 0 Å². The Hall–Kier alpha value is -1.67. The van der Waals surface area contributed by atoms with Gasteiger partial charge in [-0.2, -0.15) is 0 Å². The summed E-state index contributed by atoms with van der Waals surface area (Å²) in [6, 6.07) is 18.9. The van der Waals surface area contributed by atoms with Gasteiger partial charge in [0.1, 0.15) is 0 Å². The van der Waals surface area contributed by atoms with E-state index in [2.05, 4.69) is 65.9 Å². The Morgan fingerprint density at radius 3 is 2.47 bits per heavy atom. The van der Waals surface area contributed by atoms with Crippen molar-refractivity contribution in [2.24, 2.45) is 0 Å². The fraction of sp³-hybridized carbons (Fsp3) is 0.0667. The first-order chi connectivity index (χ1) is 8.33. The van der Waals surface area contributed by atoms with E-state index in [4.69, 9.17) is 0 Å². The minimum atomic E-state index is 0.904. The van der Waals surface area contributed by atoms with Crippen molar-refractivity contribution in [1.82, 2.24) is 4.57 Å². The predicted octanol–water partition coefficient (Wildman–Crippen LogP) is 3.98. The van der Waals surface area contributed by atoms with E-state index in [1.807, 2.05) is 12.1 Å². The van der Waals surface area contributed by atoms with Crippen LogP contribution in [0.4, 0.5) is 0 Å². The zero-order chi connectivity index (χ0) is 11.7. The van der Waals surface area contributed by atoms with Crippen molar-refractivity contribution in [2.45, 2.75) is 11.4 Å². The van der Waals surface area contributed by atoms with Crippen LogP contribution in [0.1, 0.15) is 5.56 Å². The van der Waals surface area contributed by atoms with Crippen LogP contribution in [0, 0.1) is 0 Å². The van der Waals surface area contributed by atoms with E-state index in [-0.39, 0.29) is 0 Å². The lowest BCUT2D eigenvalue weighted by atomic mass is 10.2. The quantitative estimate of drug-likeness (QED) is 0.645. The van der Waals surface area contributed by atoms with E-state index < -0.39 is 0 Å². The van der Waals surface area contributed by atoms with Gasteiger partial charge in [0.05, 0.1) is 0 Å². The highest BCUT2D eigenvalue weighted by atomic mass is 32.1. The Morgan fingerprint density at radius 2 is 1.65 bits per heavy atom. The third-order valence-electron chi connectivity index (χ3n) is 2.97. The molecular formula is C15H13NS. The number of nitrogens with zero attached hydrogens (tertiary/aromatic N) is 1. The van der Waals surface area contributed by atoms with Crippen molar-refractivity contribution in [3.8, 4) is 0 Å². The van der Waals surface area contributed by atoms with Gasteiger partial charge in [-0.15, -0.1) is 12.6 Å². The molecule has 17 heavy (non-hydrogen) atoms. The summed E-state index contributed by atoms with van der Waals surface area (Å²) in [5, 5.41) is 1.29. The van der Waals surface area contributed by atoms with Crippen LogP contribution in [0.2, 0.25) is 0 Å². The summed E-state index contributed by atoms with van der Waals surface area (Å²) in [6.45, 7) is 0.904. The number of hydrogen-bond acceptors (Lipinski definition) is 1. The molecule has 2 heteroatoms. The molecule has 0 fully saturated rings. The maximum absolute atomic E-state index is 4.30. The van der Waals surface area contributed by atoms with Crippen molar-refractivity contribution in [2.75, 3.05) is 0 Å². The molecule has 84 valence electrons. The van der Waals surface area contributed by atoms with E-state index in [1.54, 1.807) is 0 Å². The Bertz CT molecular complexity index is 637. The average molecular weight is 239 g/mol. The molecule has 0 radical (unpaired) electrons. The van der Waals surface area contributed by atoms with Gasteiger partial charge >= 0.3 is 0 Å². The molecule has 0 spiro atoms. The van der Waals surface area contributed by atoms with Gasteiger partial charge in [-0.3, -0.25) is 0 Å². The van der Waals surface area contributed by atoms with Crippen LogP contribution in [0.15, 0.2) is 65.7 Å². The van der Waals surface area contributed by atoms with Crippen LogP contribution in [0.25, 0.3) is 10.9 Å². The van der Waals surface area contributed by atoms with Crippen LogP contribution in [-0.2, 0) is 6.54 Å². The highest BCUT2D eigenvalue weighted by Crippen LogP contribution is 2.17. The Kier molecular flexibility index (Phi) is 2.65. The molecule has 0 N–H and O–H groups in total. The maximum atomic E-state index is 4.30. The van der Waals surface area contributed by atoms with Crippen molar-refractivity contribution >= 4 is 23.5 Å². The van der Waals surface area contributed by atoms with E-state index in [0.29, 0.717) is 0 Å². The predicted molar refractivity (Wildman–Crippen MR) is 74.7 cm³/mol. The minimum absolute atomic E-state index is 0.904. The molecule has 1 heterocycles. The van der Waals surface area contributed by atoms with Crippen LogP contribution < -0.4 is 0 Å². The van der Waals surface area contributed by atoms with Crippen molar-refractivity contribution < 1.29 is 0 Å². The SMILES string of the molecule is Sc1ccc(Cn2ccc3ccccc32)cc1. The van der Waals surface area contributed by atoms with Gasteiger partial charge in [0.2, 0.25) is 0 Å². The first kappa shape index (κ1) is 10.5. The molecule has 0 atom stereocenters. The second-order valence-corrected chi connectivity index (χ2v) is 4.69. The molecule has 0 saturated heterocycles. The summed E-state index contributed by atoms with van der Waals surface area (Å²) in [5.41, 5.74) is 2.58. The molecule has 1 nitrogen and oxygen atoms in total. The van der Waals surface area contributed by atoms with Gasteiger partial charge in [0.15, 0.2) is 0 Å². The minimum Gasteiger partial charge on any atom is -0.343 e. The lowest BCUT2D eigenvalue weighted by molar-refractivity contribution is 0.836. The molecule has 3 aromatic rings. The van der Waals surface area contributed by atoms with Crippen LogP contribution in [-0.4, -0.2) is 4.57 Å². The molecule has 0 saturated carbocycles. The smallest absolute Gasteiger partial charge is 0.0483 e. The molecule has 1 aromatic heterocycles. The molecule has 2 aromatic carbocycles. The van der Waals surface area contributed by atoms with E-state index in [1.165, 1.54) is 16.5 Å². The first-order valence-corrected chi connectivity index (χ1v) is 6.09. The highest BCUT2D eigenvalue weighted by molar-refractivity contribution is 7.80. The van der Waals surface area contributed by atoms with E-state index in [0.717, 1.165) is 11.4 Å². The largest absolute Gasteiger partial charge is 0.343 e. The third-order valence-corrected chi connectivity index (χ3v) is 3.27. The van der Waals surface area contributed by atoms with Crippen molar-refractivity contribution in [3.05, 3.63) is 66.4 Å². The number of aromatic nitrogens is 1. The van der Waals surface area contributed by atoms with Crippen LogP contribution in [0.5, 0.6) is 0 Å². The topological polar surface area (TPSA) is 4.93 Å². The summed E-state index contributed by atoms with van der Waals surface area (Å²) in [6.07, 6.45) is 2.14. The maximum Gasteiger partial charge on any atom is 0.0483 e. The summed E-state index contributed by atoms with van der Waals surface area (Å²) in [7, 11) is 0. The number of benzene rings is 2. The van der Waals surface area contributed by atoms with Crippen LogP contribution >= 0.6 is 12.6 Å². The number of hydrogen-bond donors (Lipinski definition) is 1. The van der Waals surface area contributed by atoms with Gasteiger partial charge in [-0.25, -0.2) is 0 Å². The number of rotatable bonds is 2. The fourth-order valence-corrected chi connectivity index (χ4v) is 2.23. The number of thiol groups is 1. The van der Waals surface area contributed by atoms with Gasteiger partial charge in [0, 0.05) is 23.2 Å². The van der Waals surface area contributed by atoms with Crippen molar-refractivity contribution in [1.29, 1.82) is 0 Å². The normalized spacial score (nSPS) is 10.9. The Balaban J connectivity index is 1.97. The monoisotopic (exact) mass is 239 g/mol. The summed E-state index contributed by atoms with van der Waals surface area (Å²) >= 11 is 4.30. The molecular weight excluding hydrogens is 226 g/mol. The lowest BCUT2D eigenvalue weighted by Gasteiger charge is -2.05.